The van der Waals surface area contributed by atoms with Crippen molar-refractivity contribution in [2.24, 2.45) is 0 Å². The molecule has 1 unspecified atom stereocenters. The van der Waals surface area contributed by atoms with Gasteiger partial charge >= 0.3 is 5.97 Å². The summed E-state index contributed by atoms with van der Waals surface area (Å²) in [5, 5.41) is 4.19. The first kappa shape index (κ1) is 25.2. The molecule has 0 bridgehead atoms. The largest absolute Gasteiger partial charge is 0.493 e. The fraction of sp³-hybridized carbons (Fsp3) is 0.423. The van der Waals surface area contributed by atoms with E-state index in [0.717, 1.165) is 42.1 Å². The van der Waals surface area contributed by atoms with Gasteiger partial charge in [0.25, 0.3) is 0 Å². The number of rotatable bonds is 13. The van der Waals surface area contributed by atoms with Crippen LogP contribution in [0, 0.1) is 5.82 Å². The van der Waals surface area contributed by atoms with Gasteiger partial charge in [0.2, 0.25) is 0 Å². The molecule has 1 atom stereocenters. The van der Waals surface area contributed by atoms with Crippen molar-refractivity contribution >= 4 is 22.7 Å². The van der Waals surface area contributed by atoms with Crippen molar-refractivity contribution in [3.8, 4) is 11.5 Å². The number of esters is 1. The highest BCUT2D eigenvalue weighted by atomic mass is 19.1. The molecule has 0 aliphatic rings. The Morgan fingerprint density at radius 1 is 1.06 bits per heavy atom. The molecule has 7 nitrogen and oxygen atoms in total. The van der Waals surface area contributed by atoms with Crippen LogP contribution in [0.25, 0.3) is 10.9 Å². The van der Waals surface area contributed by atoms with E-state index in [1.807, 2.05) is 26.0 Å². The third-order valence-corrected chi connectivity index (χ3v) is 5.48. The lowest BCUT2D eigenvalue weighted by Crippen LogP contribution is -2.09. The number of anilines is 1. The lowest BCUT2D eigenvalue weighted by Gasteiger charge is -2.17. The lowest BCUT2D eigenvalue weighted by molar-refractivity contribution is -0.143. The van der Waals surface area contributed by atoms with Gasteiger partial charge in [-0.2, -0.15) is 0 Å². The molecule has 3 rings (SSSR count). The van der Waals surface area contributed by atoms with Crippen molar-refractivity contribution in [1.29, 1.82) is 0 Å². The van der Waals surface area contributed by atoms with Gasteiger partial charge < -0.3 is 19.5 Å². The van der Waals surface area contributed by atoms with Gasteiger partial charge in [0.05, 0.1) is 25.8 Å². The summed E-state index contributed by atoms with van der Waals surface area (Å²) in [5.74, 6) is 1.48. The molecule has 0 aliphatic carbocycles. The first-order chi connectivity index (χ1) is 16.5. The van der Waals surface area contributed by atoms with Crippen molar-refractivity contribution in [2.45, 2.75) is 52.0 Å². The Kier molecular flexibility index (Phi) is 9.43. The van der Waals surface area contributed by atoms with Gasteiger partial charge in [-0.3, -0.25) is 4.79 Å². The molecule has 0 fully saturated rings. The van der Waals surface area contributed by atoms with E-state index in [4.69, 9.17) is 14.2 Å². The average Bonchev–Trinajstić information content (AvgIpc) is 2.83. The highest BCUT2D eigenvalue weighted by Gasteiger charge is 2.14. The topological polar surface area (TPSA) is 82.6 Å². The van der Waals surface area contributed by atoms with E-state index < -0.39 is 0 Å². The maximum atomic E-state index is 13.3. The lowest BCUT2D eigenvalue weighted by atomic mass is 10.1. The molecular weight excluding hydrogens is 437 g/mol. The number of nitrogens with zero attached hydrogens (tertiary/aromatic N) is 2. The molecule has 182 valence electrons. The average molecular weight is 470 g/mol. The summed E-state index contributed by atoms with van der Waals surface area (Å²) in [4.78, 5) is 20.2. The number of carbonyl (C=O) groups is 1. The summed E-state index contributed by atoms with van der Waals surface area (Å²) < 4.78 is 29.7. The van der Waals surface area contributed by atoms with Crippen molar-refractivity contribution in [1.82, 2.24) is 9.97 Å². The van der Waals surface area contributed by atoms with E-state index in [0.29, 0.717) is 37.0 Å². The van der Waals surface area contributed by atoms with Crippen LogP contribution in [0.1, 0.15) is 57.6 Å². The van der Waals surface area contributed by atoms with Gasteiger partial charge in [0.15, 0.2) is 11.5 Å². The first-order valence-electron chi connectivity index (χ1n) is 11.6. The van der Waals surface area contributed by atoms with Crippen LogP contribution < -0.4 is 14.8 Å². The van der Waals surface area contributed by atoms with Gasteiger partial charge in [-0.15, -0.1) is 0 Å². The number of nitrogens with one attached hydrogen (secondary N) is 1. The minimum Gasteiger partial charge on any atom is -0.493 e. The number of benzene rings is 2. The molecule has 0 aliphatic heterocycles. The molecule has 0 radical (unpaired) electrons. The Morgan fingerprint density at radius 2 is 1.82 bits per heavy atom. The van der Waals surface area contributed by atoms with Gasteiger partial charge in [0.1, 0.15) is 18.0 Å². The summed E-state index contributed by atoms with van der Waals surface area (Å²) in [7, 11) is 1.60. The van der Waals surface area contributed by atoms with E-state index in [1.54, 1.807) is 19.2 Å². The van der Waals surface area contributed by atoms with E-state index >= 15 is 0 Å². The third-order valence-electron chi connectivity index (χ3n) is 5.48. The molecule has 1 heterocycles. The van der Waals surface area contributed by atoms with Crippen molar-refractivity contribution in [2.75, 3.05) is 25.6 Å². The maximum absolute atomic E-state index is 13.3. The number of unbranched alkanes of at least 4 members (excludes halogenated alkanes) is 3. The van der Waals surface area contributed by atoms with E-state index in [9.17, 15) is 9.18 Å². The second-order valence-corrected chi connectivity index (χ2v) is 7.98. The molecule has 1 aromatic heterocycles. The van der Waals surface area contributed by atoms with Gasteiger partial charge in [-0.25, -0.2) is 14.4 Å². The fourth-order valence-electron chi connectivity index (χ4n) is 3.63. The third kappa shape index (κ3) is 7.04. The van der Waals surface area contributed by atoms with Gasteiger partial charge in [-0.05, 0) is 50.5 Å². The normalized spacial score (nSPS) is 11.8. The zero-order chi connectivity index (χ0) is 24.3. The number of ether oxygens (including phenoxy) is 3. The molecular formula is C26H32FN3O4. The maximum Gasteiger partial charge on any atom is 0.305 e. The molecule has 8 heteroatoms. The quantitative estimate of drug-likeness (QED) is 0.249. The zero-order valence-corrected chi connectivity index (χ0v) is 20.0. The number of fused-ring (bicyclic) bond motifs is 1. The molecule has 2 aromatic carbocycles. The monoisotopic (exact) mass is 469 g/mol. The first-order valence-corrected chi connectivity index (χ1v) is 11.6. The van der Waals surface area contributed by atoms with Crippen LogP contribution in [0.3, 0.4) is 0 Å². The Bertz CT molecular complexity index is 1080. The Balaban J connectivity index is 1.63. The standard InChI is InChI=1S/C26H32FN3O4/c1-4-33-25(31)9-7-5-6-8-14-34-24-15-21-22(16-23(24)32-3)28-17-29-26(21)30-18(2)19-10-12-20(27)13-11-19/h10-13,15-18H,4-9,14H2,1-3H3,(H,28,29,30). The second kappa shape index (κ2) is 12.7. The molecule has 3 aromatic rings. The summed E-state index contributed by atoms with van der Waals surface area (Å²) in [6.45, 7) is 4.76. The number of hydrogen-bond donors (Lipinski definition) is 1. The smallest absolute Gasteiger partial charge is 0.305 e. The predicted molar refractivity (Wildman–Crippen MR) is 130 cm³/mol. The Hall–Kier alpha value is -3.42. The number of methoxy groups -OCH3 is 1. The predicted octanol–water partition coefficient (Wildman–Crippen LogP) is 5.84. The van der Waals surface area contributed by atoms with E-state index in [2.05, 4.69) is 15.3 Å². The minimum absolute atomic E-state index is 0.0835. The summed E-state index contributed by atoms with van der Waals surface area (Å²) >= 11 is 0. The molecule has 1 N–H and O–H groups in total. The molecule has 0 amide bonds. The van der Waals surface area contributed by atoms with Crippen LogP contribution in [-0.2, 0) is 9.53 Å². The van der Waals surface area contributed by atoms with Crippen LogP contribution in [0.4, 0.5) is 10.2 Å². The van der Waals surface area contributed by atoms with Crippen molar-refractivity contribution < 1.29 is 23.4 Å². The highest BCUT2D eigenvalue weighted by Crippen LogP contribution is 2.35. The van der Waals surface area contributed by atoms with Crippen LogP contribution in [0.5, 0.6) is 11.5 Å². The van der Waals surface area contributed by atoms with Crippen LogP contribution in [0.15, 0.2) is 42.7 Å². The SMILES string of the molecule is CCOC(=O)CCCCCCOc1cc2c(NC(C)c3ccc(F)cc3)ncnc2cc1OC. The van der Waals surface area contributed by atoms with Crippen LogP contribution >= 0.6 is 0 Å². The van der Waals surface area contributed by atoms with Gasteiger partial charge in [0, 0.05) is 23.9 Å². The van der Waals surface area contributed by atoms with Crippen LogP contribution in [0.2, 0.25) is 0 Å². The molecule has 0 spiro atoms. The highest BCUT2D eigenvalue weighted by molar-refractivity contribution is 5.91. The fourth-order valence-corrected chi connectivity index (χ4v) is 3.63. The summed E-state index contributed by atoms with van der Waals surface area (Å²) in [6.07, 6.45) is 5.54. The van der Waals surface area contributed by atoms with Crippen molar-refractivity contribution in [3.05, 3.63) is 54.1 Å². The Morgan fingerprint density at radius 3 is 2.56 bits per heavy atom. The number of halogens is 1. The Labute approximate surface area is 199 Å². The number of carbonyl (C=O) groups excluding carboxylic acids is 1. The second-order valence-electron chi connectivity index (χ2n) is 7.98. The van der Waals surface area contributed by atoms with Gasteiger partial charge in [-0.1, -0.05) is 25.0 Å². The molecule has 34 heavy (non-hydrogen) atoms. The van der Waals surface area contributed by atoms with E-state index in [1.165, 1.54) is 18.5 Å². The zero-order valence-electron chi connectivity index (χ0n) is 20.0. The van der Waals surface area contributed by atoms with Crippen molar-refractivity contribution in [3.63, 3.8) is 0 Å². The van der Waals surface area contributed by atoms with Crippen LogP contribution in [-0.4, -0.2) is 36.3 Å². The number of aromatic nitrogens is 2. The summed E-state index contributed by atoms with van der Waals surface area (Å²) in [5.41, 5.74) is 1.67. The minimum atomic E-state index is -0.267. The summed E-state index contributed by atoms with van der Waals surface area (Å²) in [6, 6.07) is 10.0. The van der Waals surface area contributed by atoms with E-state index in [-0.39, 0.29) is 17.8 Å². The molecule has 0 saturated heterocycles. The number of hydrogen-bond acceptors (Lipinski definition) is 7. The molecule has 0 saturated carbocycles.